The molecule has 0 bridgehead atoms. The largest absolute Gasteiger partial charge is 0.352 e. The van der Waals surface area contributed by atoms with E-state index in [4.69, 9.17) is 0 Å². The molecule has 0 radical (unpaired) electrons. The molecule has 21 heavy (non-hydrogen) atoms. The minimum atomic E-state index is -2.92. The highest BCUT2D eigenvalue weighted by atomic mass is 32.2. The van der Waals surface area contributed by atoms with E-state index in [9.17, 15) is 13.2 Å². The molecular formula is C15H21NO3S2. The summed E-state index contributed by atoms with van der Waals surface area (Å²) in [6.45, 7) is 0. The number of hydrogen-bond donors (Lipinski definition) is 1. The number of sulfone groups is 1. The van der Waals surface area contributed by atoms with E-state index in [1.807, 2.05) is 18.2 Å². The van der Waals surface area contributed by atoms with Gasteiger partial charge in [0.2, 0.25) is 5.91 Å². The number of amides is 1. The van der Waals surface area contributed by atoms with Gasteiger partial charge in [-0.1, -0.05) is 30.3 Å². The Labute approximate surface area is 130 Å². The molecule has 0 saturated carbocycles. The Kier molecular flexibility index (Phi) is 6.11. The van der Waals surface area contributed by atoms with Crippen molar-refractivity contribution >= 4 is 27.5 Å². The molecule has 0 aliphatic carbocycles. The molecule has 6 heteroatoms. The predicted molar refractivity (Wildman–Crippen MR) is 87.3 cm³/mol. The third kappa shape index (κ3) is 6.09. The maximum atomic E-state index is 11.7. The Hall–Kier alpha value is -1.01. The van der Waals surface area contributed by atoms with Crippen LogP contribution in [0.15, 0.2) is 30.3 Å². The molecular weight excluding hydrogens is 306 g/mol. The number of nitrogens with one attached hydrogen (secondary N) is 1. The van der Waals surface area contributed by atoms with Crippen LogP contribution in [0.5, 0.6) is 0 Å². The Morgan fingerprint density at radius 1 is 1.29 bits per heavy atom. The number of carbonyl (C=O) groups is 1. The van der Waals surface area contributed by atoms with Crippen LogP contribution in [0.1, 0.15) is 18.4 Å². The lowest BCUT2D eigenvalue weighted by molar-refractivity contribution is -0.119. The zero-order valence-electron chi connectivity index (χ0n) is 12.0. The van der Waals surface area contributed by atoms with Crippen LogP contribution in [-0.4, -0.2) is 43.4 Å². The summed E-state index contributed by atoms with van der Waals surface area (Å²) in [6, 6.07) is 10.1. The van der Waals surface area contributed by atoms with Crippen LogP contribution in [0.4, 0.5) is 0 Å². The first-order valence-electron chi connectivity index (χ1n) is 7.17. The predicted octanol–water partition coefficient (Wildman–Crippen LogP) is 1.66. The van der Waals surface area contributed by atoms with Gasteiger partial charge in [0.15, 0.2) is 9.84 Å². The molecule has 116 valence electrons. The highest BCUT2D eigenvalue weighted by Crippen LogP contribution is 2.12. The third-order valence-electron chi connectivity index (χ3n) is 3.43. The van der Waals surface area contributed by atoms with Gasteiger partial charge < -0.3 is 5.32 Å². The summed E-state index contributed by atoms with van der Waals surface area (Å²) < 4.78 is 22.6. The molecule has 1 aliphatic heterocycles. The van der Waals surface area contributed by atoms with Gasteiger partial charge in [0.1, 0.15) is 0 Å². The molecule has 1 atom stereocenters. The normalized spacial score (nSPS) is 20.3. The van der Waals surface area contributed by atoms with E-state index < -0.39 is 9.84 Å². The van der Waals surface area contributed by atoms with E-state index in [2.05, 4.69) is 17.4 Å². The molecule has 4 nitrogen and oxygen atoms in total. The molecule has 1 aromatic rings. The van der Waals surface area contributed by atoms with Gasteiger partial charge in [-0.3, -0.25) is 4.79 Å². The molecule has 1 N–H and O–H groups in total. The molecule has 1 amide bonds. The average molecular weight is 327 g/mol. The quantitative estimate of drug-likeness (QED) is 0.774. The van der Waals surface area contributed by atoms with E-state index in [0.29, 0.717) is 12.2 Å². The SMILES string of the molecule is O=C(CSCCCc1ccccc1)N[C@H]1CCS(=O)(=O)C1. The second-order valence-corrected chi connectivity index (χ2v) is 8.64. The van der Waals surface area contributed by atoms with Crippen molar-refractivity contribution in [3.63, 3.8) is 0 Å². The summed E-state index contributed by atoms with van der Waals surface area (Å²) in [5.41, 5.74) is 1.32. The van der Waals surface area contributed by atoms with Crippen molar-refractivity contribution < 1.29 is 13.2 Å². The minimum Gasteiger partial charge on any atom is -0.352 e. The summed E-state index contributed by atoms with van der Waals surface area (Å²) in [7, 11) is -2.92. The van der Waals surface area contributed by atoms with Gasteiger partial charge in [0, 0.05) is 6.04 Å². The van der Waals surface area contributed by atoms with E-state index in [-0.39, 0.29) is 23.5 Å². The molecule has 0 unspecified atom stereocenters. The zero-order valence-corrected chi connectivity index (χ0v) is 13.6. The number of aryl methyl sites for hydroxylation is 1. The van der Waals surface area contributed by atoms with E-state index in [0.717, 1.165) is 18.6 Å². The molecule has 0 spiro atoms. The van der Waals surface area contributed by atoms with Gasteiger partial charge >= 0.3 is 0 Å². The summed E-state index contributed by atoms with van der Waals surface area (Å²) >= 11 is 1.60. The van der Waals surface area contributed by atoms with Gasteiger partial charge in [0.25, 0.3) is 0 Å². The number of thioether (sulfide) groups is 1. The number of benzene rings is 1. The van der Waals surface area contributed by atoms with Gasteiger partial charge in [0.05, 0.1) is 17.3 Å². The molecule has 0 aromatic heterocycles. The maximum Gasteiger partial charge on any atom is 0.230 e. The lowest BCUT2D eigenvalue weighted by atomic mass is 10.1. The van der Waals surface area contributed by atoms with E-state index in [1.54, 1.807) is 11.8 Å². The summed E-state index contributed by atoms with van der Waals surface area (Å²) in [6.07, 6.45) is 2.61. The summed E-state index contributed by atoms with van der Waals surface area (Å²) in [4.78, 5) is 11.7. The topological polar surface area (TPSA) is 63.2 Å². The Bertz CT molecular complexity index is 558. The van der Waals surface area contributed by atoms with Gasteiger partial charge in [-0.2, -0.15) is 11.8 Å². The lowest BCUT2D eigenvalue weighted by Crippen LogP contribution is -2.36. The summed E-state index contributed by atoms with van der Waals surface area (Å²) in [5, 5.41) is 2.80. The smallest absolute Gasteiger partial charge is 0.230 e. The average Bonchev–Trinajstić information content (AvgIpc) is 2.78. The number of rotatable bonds is 7. The first-order valence-corrected chi connectivity index (χ1v) is 10.1. The van der Waals surface area contributed by atoms with Gasteiger partial charge in [-0.15, -0.1) is 0 Å². The van der Waals surface area contributed by atoms with Crippen molar-refractivity contribution in [2.45, 2.75) is 25.3 Å². The molecule has 1 aliphatic rings. The zero-order chi connectivity index (χ0) is 15.1. The third-order valence-corrected chi connectivity index (χ3v) is 6.24. The fourth-order valence-electron chi connectivity index (χ4n) is 2.37. The molecule has 2 rings (SSSR count). The van der Waals surface area contributed by atoms with Crippen LogP contribution in [-0.2, 0) is 21.1 Å². The fraction of sp³-hybridized carbons (Fsp3) is 0.533. The van der Waals surface area contributed by atoms with Crippen LogP contribution < -0.4 is 5.32 Å². The van der Waals surface area contributed by atoms with Crippen molar-refractivity contribution in [1.29, 1.82) is 0 Å². The second kappa shape index (κ2) is 7.84. The monoisotopic (exact) mass is 327 g/mol. The van der Waals surface area contributed by atoms with Crippen molar-refractivity contribution in [2.75, 3.05) is 23.0 Å². The Morgan fingerprint density at radius 3 is 2.71 bits per heavy atom. The maximum absolute atomic E-state index is 11.7. The van der Waals surface area contributed by atoms with Crippen molar-refractivity contribution in [3.8, 4) is 0 Å². The number of hydrogen-bond acceptors (Lipinski definition) is 4. The van der Waals surface area contributed by atoms with E-state index in [1.165, 1.54) is 5.56 Å². The van der Waals surface area contributed by atoms with Gasteiger partial charge in [-0.05, 0) is 30.6 Å². The van der Waals surface area contributed by atoms with Crippen molar-refractivity contribution in [3.05, 3.63) is 35.9 Å². The standard InChI is InChI=1S/C15H21NO3S2/c17-15(16-14-8-10-21(18,19)12-14)11-20-9-4-7-13-5-2-1-3-6-13/h1-3,5-6,14H,4,7-12H2,(H,16,17)/t14-/m0/s1. The van der Waals surface area contributed by atoms with Crippen LogP contribution in [0.2, 0.25) is 0 Å². The van der Waals surface area contributed by atoms with Crippen LogP contribution in [0.25, 0.3) is 0 Å². The van der Waals surface area contributed by atoms with Crippen molar-refractivity contribution in [1.82, 2.24) is 5.32 Å². The van der Waals surface area contributed by atoms with Crippen LogP contribution in [0, 0.1) is 0 Å². The van der Waals surface area contributed by atoms with Gasteiger partial charge in [-0.25, -0.2) is 8.42 Å². The minimum absolute atomic E-state index is 0.0539. The van der Waals surface area contributed by atoms with Crippen LogP contribution in [0.3, 0.4) is 0 Å². The Balaban J connectivity index is 1.55. The molecule has 1 heterocycles. The lowest BCUT2D eigenvalue weighted by Gasteiger charge is -2.10. The second-order valence-electron chi connectivity index (χ2n) is 5.31. The van der Waals surface area contributed by atoms with E-state index >= 15 is 0 Å². The first kappa shape index (κ1) is 16.4. The first-order chi connectivity index (χ1) is 10.1. The molecule has 1 aromatic carbocycles. The highest BCUT2D eigenvalue weighted by molar-refractivity contribution is 7.99. The Morgan fingerprint density at radius 2 is 2.05 bits per heavy atom. The molecule has 1 fully saturated rings. The number of carbonyl (C=O) groups excluding carboxylic acids is 1. The van der Waals surface area contributed by atoms with Crippen LogP contribution >= 0.6 is 11.8 Å². The fourth-order valence-corrected chi connectivity index (χ4v) is 4.80. The van der Waals surface area contributed by atoms with Crippen molar-refractivity contribution in [2.24, 2.45) is 0 Å². The summed E-state index contributed by atoms with van der Waals surface area (Å²) in [5.74, 6) is 1.58. The highest BCUT2D eigenvalue weighted by Gasteiger charge is 2.28. The molecule has 1 saturated heterocycles.